The van der Waals surface area contributed by atoms with Crippen molar-refractivity contribution in [2.24, 2.45) is 0 Å². The van der Waals surface area contributed by atoms with Crippen molar-refractivity contribution in [2.45, 2.75) is 0 Å². The van der Waals surface area contributed by atoms with Gasteiger partial charge in [0.15, 0.2) is 0 Å². The van der Waals surface area contributed by atoms with Crippen LogP contribution in [0.2, 0.25) is 0 Å². The summed E-state index contributed by atoms with van der Waals surface area (Å²) in [6.45, 7) is 0. The van der Waals surface area contributed by atoms with Gasteiger partial charge in [-0.25, -0.2) is 19.9 Å². The van der Waals surface area contributed by atoms with Crippen LogP contribution in [0.25, 0.3) is 155 Å². The lowest BCUT2D eigenvalue weighted by atomic mass is 9.94. The van der Waals surface area contributed by atoms with Crippen molar-refractivity contribution in [3.05, 3.63) is 212 Å². The summed E-state index contributed by atoms with van der Waals surface area (Å²) in [5.74, 6) is 0. The molecule has 0 spiro atoms. The summed E-state index contributed by atoms with van der Waals surface area (Å²) >= 11 is 0. The minimum Gasteiger partial charge on any atom is -0.456 e. The fourth-order valence-corrected chi connectivity index (χ4v) is 10.5. The minimum absolute atomic E-state index is 0.680. The van der Waals surface area contributed by atoms with Crippen LogP contribution in [-0.2, 0) is 0 Å². The van der Waals surface area contributed by atoms with E-state index in [0.29, 0.717) is 22.3 Å². The molecule has 0 N–H and O–H groups in total. The molecule has 6 heterocycles. The summed E-state index contributed by atoms with van der Waals surface area (Å²) in [5.41, 5.74) is 18.2. The molecule has 0 amide bonds. The van der Waals surface area contributed by atoms with Crippen LogP contribution in [0.4, 0.5) is 0 Å². The maximum Gasteiger partial charge on any atom is 0.136 e. The van der Waals surface area contributed by atoms with Gasteiger partial charge in [0.2, 0.25) is 0 Å². The second-order valence-electron chi connectivity index (χ2n) is 17.9. The van der Waals surface area contributed by atoms with Crippen LogP contribution in [0.1, 0.15) is 0 Å². The van der Waals surface area contributed by atoms with Crippen molar-refractivity contribution in [2.75, 3.05) is 0 Å². The molecular weight excluding hydrogens is 875 g/mol. The summed E-state index contributed by atoms with van der Waals surface area (Å²) in [6, 6.07) is 70.0. The number of benzene rings is 9. The Kier molecular flexibility index (Phi) is 8.49. The zero-order chi connectivity index (χ0) is 46.6. The monoisotopic (exact) mass is 909 g/mol. The molecule has 0 atom stereocenters. The van der Waals surface area contributed by atoms with E-state index in [-0.39, 0.29) is 0 Å². The van der Waals surface area contributed by atoms with Gasteiger partial charge in [-0.2, -0.15) is 0 Å². The summed E-state index contributed by atoms with van der Waals surface area (Å²) in [5, 5.41) is 6.11. The molecule has 8 nitrogen and oxygen atoms in total. The van der Waals surface area contributed by atoms with E-state index in [1.165, 1.54) is 0 Å². The molecule has 15 aromatic rings. The molecule has 330 valence electrons. The molecule has 0 unspecified atom stereocenters. The van der Waals surface area contributed by atoms with E-state index in [1.807, 2.05) is 128 Å². The minimum atomic E-state index is 0.680. The maximum absolute atomic E-state index is 6.71. The number of nitrogens with zero attached hydrogens (tertiary/aromatic N) is 5. The van der Waals surface area contributed by atoms with Gasteiger partial charge in [-0.15, -0.1) is 0 Å². The molecule has 0 radical (unpaired) electrons. The first-order chi connectivity index (χ1) is 35.2. The number of aromatic nitrogens is 5. The Labute approximate surface area is 404 Å². The number of fused-ring (bicyclic) bond motifs is 11. The molecule has 8 heteroatoms. The van der Waals surface area contributed by atoms with Gasteiger partial charge < -0.3 is 13.3 Å². The molecule has 0 aliphatic rings. The van der Waals surface area contributed by atoms with Crippen LogP contribution in [-0.4, -0.2) is 24.9 Å². The van der Waals surface area contributed by atoms with Crippen LogP contribution in [0, 0.1) is 0 Å². The highest BCUT2D eigenvalue weighted by molar-refractivity contribution is 6.18. The second-order valence-corrected chi connectivity index (χ2v) is 17.9. The van der Waals surface area contributed by atoms with Crippen molar-refractivity contribution in [1.29, 1.82) is 0 Å². The number of pyridine rings is 1. The predicted molar refractivity (Wildman–Crippen MR) is 285 cm³/mol. The lowest BCUT2D eigenvalue weighted by molar-refractivity contribution is 0.668. The Hall–Kier alpha value is -9.79. The van der Waals surface area contributed by atoms with Crippen LogP contribution in [0.15, 0.2) is 226 Å². The highest BCUT2D eigenvalue weighted by Gasteiger charge is 2.24. The Balaban J connectivity index is 0.925. The Morgan fingerprint density at radius 3 is 1.38 bits per heavy atom. The molecule has 71 heavy (non-hydrogen) atoms. The average molecular weight is 910 g/mol. The normalized spacial score (nSPS) is 11.9. The summed E-state index contributed by atoms with van der Waals surface area (Å²) in [4.78, 5) is 26.7. The number of hydrogen-bond acceptors (Lipinski definition) is 8. The standard InChI is InChI=1S/C63H35N5O3/c1-2-14-37(15-3-1)60-61(38-30-28-36(29-31-38)40-19-12-26-54-57(40)41-16-4-9-23-51(41)69-54)67-49-34-48(64-35-50(49)68-60)39-32-45(59-43-18-6-11-25-53(43)71-56(59)33-39)63-62(65-46-21-7-8-22-47(46)66-63)44-20-13-27-55-58(44)42-17-5-10-24-52(42)70-55/h1-35H. The van der Waals surface area contributed by atoms with Gasteiger partial charge in [-0.3, -0.25) is 4.98 Å². The lowest BCUT2D eigenvalue weighted by Gasteiger charge is -2.14. The van der Waals surface area contributed by atoms with Crippen molar-refractivity contribution in [3.8, 4) is 67.4 Å². The molecule has 9 aromatic carbocycles. The molecule has 0 saturated carbocycles. The zero-order valence-electron chi connectivity index (χ0n) is 37.7. The number of rotatable bonds is 6. The van der Waals surface area contributed by atoms with Crippen LogP contribution in [0.3, 0.4) is 0 Å². The van der Waals surface area contributed by atoms with Gasteiger partial charge in [-0.05, 0) is 71.8 Å². The van der Waals surface area contributed by atoms with Crippen LogP contribution >= 0.6 is 0 Å². The van der Waals surface area contributed by atoms with Crippen LogP contribution in [0.5, 0.6) is 0 Å². The van der Waals surface area contributed by atoms with Gasteiger partial charge in [0.1, 0.15) is 39.0 Å². The van der Waals surface area contributed by atoms with E-state index >= 15 is 0 Å². The summed E-state index contributed by atoms with van der Waals surface area (Å²) in [6.07, 6.45) is 1.82. The second kappa shape index (κ2) is 15.4. The molecular formula is C63H35N5O3. The van der Waals surface area contributed by atoms with Gasteiger partial charge in [0.25, 0.3) is 0 Å². The van der Waals surface area contributed by atoms with Gasteiger partial charge in [0, 0.05) is 60.1 Å². The molecule has 0 aliphatic carbocycles. The van der Waals surface area contributed by atoms with E-state index in [9.17, 15) is 0 Å². The van der Waals surface area contributed by atoms with Crippen molar-refractivity contribution < 1.29 is 13.3 Å². The highest BCUT2D eigenvalue weighted by atomic mass is 16.3. The van der Waals surface area contributed by atoms with E-state index in [0.717, 1.165) is 133 Å². The number of furan rings is 3. The Bertz CT molecular complexity index is 4650. The largest absolute Gasteiger partial charge is 0.456 e. The molecule has 0 saturated heterocycles. The van der Waals surface area contributed by atoms with Crippen molar-refractivity contribution in [3.63, 3.8) is 0 Å². The van der Waals surface area contributed by atoms with Gasteiger partial charge in [-0.1, -0.05) is 146 Å². The first-order valence-electron chi connectivity index (χ1n) is 23.5. The highest BCUT2D eigenvalue weighted by Crippen LogP contribution is 2.45. The summed E-state index contributed by atoms with van der Waals surface area (Å²) in [7, 11) is 0. The fourth-order valence-electron chi connectivity index (χ4n) is 10.5. The van der Waals surface area contributed by atoms with Gasteiger partial charge in [0.05, 0.1) is 51.2 Å². The fraction of sp³-hybridized carbons (Fsp3) is 0. The maximum atomic E-state index is 6.71. The summed E-state index contributed by atoms with van der Waals surface area (Å²) < 4.78 is 19.4. The number of para-hydroxylation sites is 5. The first kappa shape index (κ1) is 39.2. The molecule has 15 rings (SSSR count). The van der Waals surface area contributed by atoms with E-state index in [4.69, 9.17) is 38.2 Å². The Morgan fingerprint density at radius 1 is 0.268 bits per heavy atom. The lowest BCUT2D eigenvalue weighted by Crippen LogP contribution is -1.98. The third-order valence-electron chi connectivity index (χ3n) is 13.7. The smallest absolute Gasteiger partial charge is 0.136 e. The quantitative estimate of drug-likeness (QED) is 0.162. The molecule has 0 bridgehead atoms. The van der Waals surface area contributed by atoms with E-state index in [1.54, 1.807) is 0 Å². The molecule has 0 fully saturated rings. The van der Waals surface area contributed by atoms with Crippen molar-refractivity contribution in [1.82, 2.24) is 24.9 Å². The third kappa shape index (κ3) is 6.21. The Morgan fingerprint density at radius 2 is 0.732 bits per heavy atom. The zero-order valence-corrected chi connectivity index (χ0v) is 37.7. The van der Waals surface area contributed by atoms with E-state index in [2.05, 4.69) is 84.9 Å². The topological polar surface area (TPSA) is 104 Å². The molecule has 6 aromatic heterocycles. The predicted octanol–water partition coefficient (Wildman–Crippen LogP) is 16.7. The third-order valence-corrected chi connectivity index (χ3v) is 13.7. The van der Waals surface area contributed by atoms with Crippen molar-refractivity contribution >= 4 is 87.9 Å². The van der Waals surface area contributed by atoms with E-state index < -0.39 is 0 Å². The number of hydrogen-bond donors (Lipinski definition) is 0. The van der Waals surface area contributed by atoms with Crippen LogP contribution < -0.4 is 0 Å². The first-order valence-corrected chi connectivity index (χ1v) is 23.5. The SMILES string of the molecule is c1ccc(-c2nc3cnc(-c4cc(-c5nc6ccccc6nc5-c5cccc6oc7ccccc7c56)c5c(c4)oc4ccccc45)cc3nc2-c2ccc(-c3cccc4oc5ccccc5c34)cc2)cc1. The average Bonchev–Trinajstić information content (AvgIpc) is 4.14. The van der Waals surface area contributed by atoms with Gasteiger partial charge >= 0.3 is 0 Å². The molecule has 0 aliphatic heterocycles.